The highest BCUT2D eigenvalue weighted by atomic mass is 16.6. The number of rotatable bonds is 4. The number of amides is 1. The van der Waals surface area contributed by atoms with Crippen molar-refractivity contribution in [1.82, 2.24) is 4.90 Å². The first-order valence-corrected chi connectivity index (χ1v) is 6.41. The van der Waals surface area contributed by atoms with E-state index < -0.39 is 5.97 Å². The van der Waals surface area contributed by atoms with Gasteiger partial charge in [-0.3, -0.25) is 4.79 Å². The van der Waals surface area contributed by atoms with E-state index in [0.29, 0.717) is 26.1 Å². The quantitative estimate of drug-likeness (QED) is 0.778. The molecule has 0 aromatic carbocycles. The Balaban J connectivity index is 1.86. The van der Waals surface area contributed by atoms with E-state index in [0.717, 1.165) is 6.42 Å². The Morgan fingerprint density at radius 2 is 2.37 bits per heavy atom. The standard InChI is InChI=1S/C13H19NO5/c1-2-5-18-12(17)14-4-3-13(8-14)7-10(19-9-13)6-11(15)16/h2,10H,1,3-9H2,(H,15,16). The molecule has 2 heterocycles. The second kappa shape index (κ2) is 5.61. The summed E-state index contributed by atoms with van der Waals surface area (Å²) in [5.41, 5.74) is -0.0900. The van der Waals surface area contributed by atoms with Gasteiger partial charge in [0.25, 0.3) is 0 Å². The molecule has 2 fully saturated rings. The lowest BCUT2D eigenvalue weighted by Crippen LogP contribution is -2.33. The van der Waals surface area contributed by atoms with Gasteiger partial charge in [-0.2, -0.15) is 0 Å². The molecule has 2 atom stereocenters. The Morgan fingerprint density at radius 1 is 1.58 bits per heavy atom. The molecule has 0 aromatic heterocycles. The van der Waals surface area contributed by atoms with Crippen molar-refractivity contribution in [2.75, 3.05) is 26.3 Å². The van der Waals surface area contributed by atoms with Crippen LogP contribution in [0.5, 0.6) is 0 Å². The molecule has 2 rings (SSSR count). The highest BCUT2D eigenvalue weighted by Crippen LogP contribution is 2.42. The minimum atomic E-state index is -0.845. The SMILES string of the molecule is C=CCOC(=O)N1CCC2(COC(CC(=O)O)C2)C1. The van der Waals surface area contributed by atoms with Crippen LogP contribution in [0.3, 0.4) is 0 Å². The van der Waals surface area contributed by atoms with E-state index in [4.69, 9.17) is 14.6 Å². The van der Waals surface area contributed by atoms with Crippen LogP contribution >= 0.6 is 0 Å². The number of ether oxygens (including phenoxy) is 2. The van der Waals surface area contributed by atoms with Crippen LogP contribution in [0.4, 0.5) is 4.79 Å². The van der Waals surface area contributed by atoms with E-state index in [-0.39, 0.29) is 30.6 Å². The Labute approximate surface area is 112 Å². The predicted molar refractivity (Wildman–Crippen MR) is 66.8 cm³/mol. The zero-order valence-corrected chi connectivity index (χ0v) is 10.8. The van der Waals surface area contributed by atoms with Crippen molar-refractivity contribution in [3.63, 3.8) is 0 Å². The molecule has 6 heteroatoms. The summed E-state index contributed by atoms with van der Waals surface area (Å²) in [5, 5.41) is 8.77. The number of likely N-dealkylation sites (tertiary alicyclic amines) is 1. The summed E-state index contributed by atoms with van der Waals surface area (Å²) in [6.45, 7) is 5.45. The minimum Gasteiger partial charge on any atom is -0.481 e. The maximum Gasteiger partial charge on any atom is 0.410 e. The summed E-state index contributed by atoms with van der Waals surface area (Å²) in [7, 11) is 0. The van der Waals surface area contributed by atoms with Gasteiger partial charge in [-0.1, -0.05) is 12.7 Å². The first-order chi connectivity index (χ1) is 9.04. The zero-order valence-electron chi connectivity index (χ0n) is 10.8. The van der Waals surface area contributed by atoms with Gasteiger partial charge in [-0.15, -0.1) is 0 Å². The minimum absolute atomic E-state index is 0.0304. The molecule has 0 aliphatic carbocycles. The van der Waals surface area contributed by atoms with Gasteiger partial charge >= 0.3 is 12.1 Å². The number of carbonyl (C=O) groups is 2. The zero-order chi connectivity index (χ0) is 13.9. The fraction of sp³-hybridized carbons (Fsp3) is 0.692. The molecule has 2 unspecified atom stereocenters. The molecule has 2 aliphatic heterocycles. The number of carboxylic acids is 1. The molecule has 19 heavy (non-hydrogen) atoms. The molecule has 0 radical (unpaired) electrons. The van der Waals surface area contributed by atoms with E-state index in [1.54, 1.807) is 4.90 Å². The fourth-order valence-electron chi connectivity index (χ4n) is 2.82. The summed E-state index contributed by atoms with van der Waals surface area (Å²) in [6, 6.07) is 0. The molecule has 6 nitrogen and oxygen atoms in total. The van der Waals surface area contributed by atoms with Crippen molar-refractivity contribution in [3.8, 4) is 0 Å². The first-order valence-electron chi connectivity index (χ1n) is 6.41. The van der Waals surface area contributed by atoms with Crippen LogP contribution < -0.4 is 0 Å². The van der Waals surface area contributed by atoms with E-state index in [2.05, 4.69) is 6.58 Å². The van der Waals surface area contributed by atoms with Crippen LogP contribution in [0.1, 0.15) is 19.3 Å². The maximum atomic E-state index is 11.7. The van der Waals surface area contributed by atoms with Crippen LogP contribution in [-0.4, -0.2) is 54.5 Å². The molecular formula is C13H19NO5. The van der Waals surface area contributed by atoms with Crippen molar-refractivity contribution >= 4 is 12.1 Å². The smallest absolute Gasteiger partial charge is 0.410 e. The van der Waals surface area contributed by atoms with Crippen molar-refractivity contribution in [2.45, 2.75) is 25.4 Å². The average Bonchev–Trinajstić information content (AvgIpc) is 2.94. The van der Waals surface area contributed by atoms with E-state index in [1.807, 2.05) is 0 Å². The molecule has 0 saturated carbocycles. The number of hydrogen-bond acceptors (Lipinski definition) is 4. The summed E-state index contributed by atoms with van der Waals surface area (Å²) < 4.78 is 10.5. The van der Waals surface area contributed by atoms with Crippen LogP contribution in [0, 0.1) is 5.41 Å². The lowest BCUT2D eigenvalue weighted by atomic mass is 9.84. The van der Waals surface area contributed by atoms with Crippen molar-refractivity contribution in [2.24, 2.45) is 5.41 Å². The van der Waals surface area contributed by atoms with Crippen LogP contribution in [-0.2, 0) is 14.3 Å². The van der Waals surface area contributed by atoms with Gasteiger partial charge in [0.2, 0.25) is 0 Å². The monoisotopic (exact) mass is 269 g/mol. The number of carboxylic acid groups (broad SMARTS) is 1. The topological polar surface area (TPSA) is 76.1 Å². The molecule has 106 valence electrons. The van der Waals surface area contributed by atoms with Gasteiger partial charge in [0, 0.05) is 18.5 Å². The second-order valence-electron chi connectivity index (χ2n) is 5.27. The number of carbonyl (C=O) groups excluding carboxylic acids is 1. The fourth-order valence-corrected chi connectivity index (χ4v) is 2.82. The molecule has 0 bridgehead atoms. The number of aliphatic carboxylic acids is 1. The Bertz CT molecular complexity index is 383. The third-order valence-corrected chi connectivity index (χ3v) is 3.71. The van der Waals surface area contributed by atoms with E-state index in [1.165, 1.54) is 6.08 Å². The van der Waals surface area contributed by atoms with Gasteiger partial charge in [0.15, 0.2) is 0 Å². The Kier molecular flexibility index (Phi) is 4.09. The van der Waals surface area contributed by atoms with E-state index in [9.17, 15) is 9.59 Å². The van der Waals surface area contributed by atoms with Crippen LogP contribution in [0.25, 0.3) is 0 Å². The highest BCUT2D eigenvalue weighted by Gasteiger charge is 2.46. The summed E-state index contributed by atoms with van der Waals surface area (Å²) in [6.07, 6.45) is 2.53. The maximum absolute atomic E-state index is 11.7. The number of nitrogens with zero attached hydrogens (tertiary/aromatic N) is 1. The predicted octanol–water partition coefficient (Wildman–Crippen LogP) is 1.26. The summed E-state index contributed by atoms with van der Waals surface area (Å²) >= 11 is 0. The van der Waals surface area contributed by atoms with Gasteiger partial charge in [0.05, 0.1) is 19.1 Å². The number of hydrogen-bond donors (Lipinski definition) is 1. The molecule has 1 spiro atoms. The van der Waals surface area contributed by atoms with Crippen LogP contribution in [0.2, 0.25) is 0 Å². The van der Waals surface area contributed by atoms with Crippen LogP contribution in [0.15, 0.2) is 12.7 Å². The van der Waals surface area contributed by atoms with Gasteiger partial charge in [0.1, 0.15) is 6.61 Å². The largest absolute Gasteiger partial charge is 0.481 e. The average molecular weight is 269 g/mol. The Morgan fingerprint density at radius 3 is 3.05 bits per heavy atom. The van der Waals surface area contributed by atoms with Crippen molar-refractivity contribution < 1.29 is 24.2 Å². The molecule has 0 aromatic rings. The van der Waals surface area contributed by atoms with Crippen molar-refractivity contribution in [3.05, 3.63) is 12.7 Å². The van der Waals surface area contributed by atoms with Gasteiger partial charge in [-0.25, -0.2) is 4.79 Å². The molecule has 1 amide bonds. The third kappa shape index (κ3) is 3.26. The molecule has 2 saturated heterocycles. The lowest BCUT2D eigenvalue weighted by Gasteiger charge is -2.21. The van der Waals surface area contributed by atoms with Gasteiger partial charge < -0.3 is 19.5 Å². The molecular weight excluding hydrogens is 250 g/mol. The molecule has 2 aliphatic rings. The second-order valence-corrected chi connectivity index (χ2v) is 5.27. The summed E-state index contributed by atoms with van der Waals surface area (Å²) in [4.78, 5) is 24.1. The Hall–Kier alpha value is -1.56. The van der Waals surface area contributed by atoms with Crippen molar-refractivity contribution in [1.29, 1.82) is 0 Å². The molecule has 1 N–H and O–H groups in total. The van der Waals surface area contributed by atoms with Gasteiger partial charge in [-0.05, 0) is 12.8 Å². The van der Waals surface area contributed by atoms with E-state index >= 15 is 0 Å². The lowest BCUT2D eigenvalue weighted by molar-refractivity contribution is -0.139. The highest BCUT2D eigenvalue weighted by molar-refractivity contribution is 5.68. The third-order valence-electron chi connectivity index (χ3n) is 3.71. The summed E-state index contributed by atoms with van der Waals surface area (Å²) in [5.74, 6) is -0.845. The first kappa shape index (κ1) is 13.9. The normalized spacial score (nSPS) is 29.7.